The maximum absolute atomic E-state index is 12.1. The zero-order valence-electron chi connectivity index (χ0n) is 10.7. The van der Waals surface area contributed by atoms with Crippen molar-refractivity contribution in [2.75, 3.05) is 0 Å². The van der Waals surface area contributed by atoms with E-state index < -0.39 is 10.1 Å². The molecule has 0 amide bonds. The third-order valence-corrected chi connectivity index (χ3v) is 3.97. The normalized spacial score (nSPS) is 11.2. The van der Waals surface area contributed by atoms with E-state index in [4.69, 9.17) is 4.18 Å². The van der Waals surface area contributed by atoms with Gasteiger partial charge in [0.2, 0.25) is 0 Å². The lowest BCUT2D eigenvalue weighted by Gasteiger charge is -2.10. The molecule has 0 unspecified atom stereocenters. The molecule has 2 aromatic carbocycles. The first kappa shape index (κ1) is 13.6. The predicted molar refractivity (Wildman–Crippen MR) is 74.7 cm³/mol. The van der Waals surface area contributed by atoms with E-state index in [9.17, 15) is 8.42 Å². The van der Waals surface area contributed by atoms with Crippen molar-refractivity contribution in [3.05, 3.63) is 60.2 Å². The van der Waals surface area contributed by atoms with Crippen LogP contribution in [0.15, 0.2) is 59.5 Å². The highest BCUT2D eigenvalue weighted by molar-refractivity contribution is 7.87. The maximum Gasteiger partial charge on any atom is 0.339 e. The first-order valence-corrected chi connectivity index (χ1v) is 7.62. The molecule has 0 saturated carbocycles. The summed E-state index contributed by atoms with van der Waals surface area (Å²) >= 11 is 0. The molecule has 0 atom stereocenters. The molecule has 0 spiro atoms. The van der Waals surface area contributed by atoms with Gasteiger partial charge in [0.1, 0.15) is 10.6 Å². The Balaban J connectivity index is 2.31. The average Bonchev–Trinajstić information content (AvgIpc) is 2.42. The van der Waals surface area contributed by atoms with Crippen LogP contribution >= 0.6 is 0 Å². The molecule has 2 rings (SSSR count). The molecular weight excluding hydrogens is 260 g/mol. The molecule has 0 aromatic heterocycles. The molecule has 0 heterocycles. The molecule has 0 aliphatic carbocycles. The molecule has 0 aliphatic heterocycles. The zero-order chi connectivity index (χ0) is 13.7. The van der Waals surface area contributed by atoms with Crippen LogP contribution in [0.3, 0.4) is 0 Å². The molecule has 19 heavy (non-hydrogen) atoms. The van der Waals surface area contributed by atoms with Crippen LogP contribution in [0, 0.1) is 0 Å². The summed E-state index contributed by atoms with van der Waals surface area (Å²) < 4.78 is 29.5. The molecule has 2 aromatic rings. The fraction of sp³-hybridized carbons (Fsp3) is 0.200. The van der Waals surface area contributed by atoms with E-state index in [2.05, 4.69) is 0 Å². The third-order valence-electron chi connectivity index (χ3n) is 2.72. The second-order valence-corrected chi connectivity index (χ2v) is 5.75. The Kier molecular flexibility index (Phi) is 4.22. The number of benzene rings is 2. The summed E-state index contributed by atoms with van der Waals surface area (Å²) in [4.78, 5) is 0.168. The van der Waals surface area contributed by atoms with Crippen molar-refractivity contribution in [2.45, 2.75) is 24.7 Å². The summed E-state index contributed by atoms with van der Waals surface area (Å²) in [6, 6.07) is 15.4. The van der Waals surface area contributed by atoms with Crippen LogP contribution in [0.2, 0.25) is 0 Å². The monoisotopic (exact) mass is 276 g/mol. The van der Waals surface area contributed by atoms with Crippen molar-refractivity contribution < 1.29 is 12.6 Å². The van der Waals surface area contributed by atoms with Crippen LogP contribution < -0.4 is 4.18 Å². The summed E-state index contributed by atoms with van der Waals surface area (Å²) in [6.45, 7) is 2.04. The number of hydrogen-bond acceptors (Lipinski definition) is 3. The Morgan fingerprint density at radius 2 is 1.58 bits per heavy atom. The smallest absolute Gasteiger partial charge is 0.339 e. The average molecular weight is 276 g/mol. The minimum Gasteiger partial charge on any atom is -0.379 e. The van der Waals surface area contributed by atoms with Gasteiger partial charge in [0.15, 0.2) is 0 Å². The van der Waals surface area contributed by atoms with Crippen molar-refractivity contribution in [3.8, 4) is 5.75 Å². The van der Waals surface area contributed by atoms with Gasteiger partial charge in [-0.15, -0.1) is 0 Å². The molecule has 0 saturated heterocycles. The molecule has 0 bridgehead atoms. The highest BCUT2D eigenvalue weighted by Crippen LogP contribution is 2.23. The Morgan fingerprint density at radius 3 is 2.26 bits per heavy atom. The molecule has 0 aliphatic rings. The van der Waals surface area contributed by atoms with Crippen LogP contribution in [0.5, 0.6) is 5.75 Å². The number of hydrogen-bond donors (Lipinski definition) is 0. The number of para-hydroxylation sites is 1. The van der Waals surface area contributed by atoms with Gasteiger partial charge in [-0.3, -0.25) is 0 Å². The summed E-state index contributed by atoms with van der Waals surface area (Å²) in [5.41, 5.74) is 0.907. The number of rotatable bonds is 5. The summed E-state index contributed by atoms with van der Waals surface area (Å²) in [5, 5.41) is 0. The fourth-order valence-corrected chi connectivity index (χ4v) is 2.80. The van der Waals surface area contributed by atoms with Gasteiger partial charge in [-0.1, -0.05) is 49.7 Å². The SMILES string of the molecule is CCCc1ccccc1OS(=O)(=O)c1ccccc1. The van der Waals surface area contributed by atoms with Crippen molar-refractivity contribution in [1.82, 2.24) is 0 Å². The van der Waals surface area contributed by atoms with Gasteiger partial charge in [-0.25, -0.2) is 0 Å². The Bertz CT molecular complexity index is 633. The molecule has 0 fully saturated rings. The first-order valence-electron chi connectivity index (χ1n) is 6.21. The van der Waals surface area contributed by atoms with E-state index in [-0.39, 0.29) is 4.90 Å². The largest absolute Gasteiger partial charge is 0.379 e. The van der Waals surface area contributed by atoms with E-state index in [0.29, 0.717) is 5.75 Å². The van der Waals surface area contributed by atoms with Crippen LogP contribution in [-0.2, 0) is 16.5 Å². The topological polar surface area (TPSA) is 43.4 Å². The standard InChI is InChI=1S/C15H16O3S/c1-2-8-13-9-6-7-12-15(13)18-19(16,17)14-10-4-3-5-11-14/h3-7,9-12H,2,8H2,1H3. The quantitative estimate of drug-likeness (QED) is 0.786. The number of aryl methyl sites for hydroxylation is 1. The molecule has 3 nitrogen and oxygen atoms in total. The molecule has 0 radical (unpaired) electrons. The van der Waals surface area contributed by atoms with Crippen molar-refractivity contribution in [3.63, 3.8) is 0 Å². The van der Waals surface area contributed by atoms with E-state index in [1.165, 1.54) is 12.1 Å². The predicted octanol–water partition coefficient (Wildman–Crippen LogP) is 3.41. The van der Waals surface area contributed by atoms with E-state index in [0.717, 1.165) is 18.4 Å². The second kappa shape index (κ2) is 5.89. The summed E-state index contributed by atoms with van der Waals surface area (Å²) in [6.07, 6.45) is 1.73. The van der Waals surface area contributed by atoms with Gasteiger partial charge in [0, 0.05) is 0 Å². The van der Waals surface area contributed by atoms with Gasteiger partial charge in [0.05, 0.1) is 0 Å². The fourth-order valence-electron chi connectivity index (χ4n) is 1.81. The van der Waals surface area contributed by atoms with Crippen LogP contribution in [0.25, 0.3) is 0 Å². The van der Waals surface area contributed by atoms with Gasteiger partial charge < -0.3 is 4.18 Å². The molecular formula is C15H16O3S. The summed E-state index contributed by atoms with van der Waals surface area (Å²) in [7, 11) is -3.75. The van der Waals surface area contributed by atoms with Crippen molar-refractivity contribution in [1.29, 1.82) is 0 Å². The Hall–Kier alpha value is -1.81. The minimum absolute atomic E-state index is 0.168. The maximum atomic E-state index is 12.1. The van der Waals surface area contributed by atoms with E-state index in [1.54, 1.807) is 30.3 Å². The first-order chi connectivity index (χ1) is 9.13. The lowest BCUT2D eigenvalue weighted by atomic mass is 10.1. The van der Waals surface area contributed by atoms with E-state index in [1.807, 2.05) is 19.1 Å². The Labute approximate surface area is 114 Å². The van der Waals surface area contributed by atoms with Crippen molar-refractivity contribution >= 4 is 10.1 Å². The van der Waals surface area contributed by atoms with Crippen LogP contribution in [-0.4, -0.2) is 8.42 Å². The van der Waals surface area contributed by atoms with Gasteiger partial charge in [-0.2, -0.15) is 8.42 Å². The molecule has 0 N–H and O–H groups in total. The van der Waals surface area contributed by atoms with Gasteiger partial charge in [-0.05, 0) is 30.2 Å². The lowest BCUT2D eigenvalue weighted by molar-refractivity contribution is 0.482. The highest BCUT2D eigenvalue weighted by Gasteiger charge is 2.17. The second-order valence-electron chi connectivity index (χ2n) is 4.21. The molecule has 100 valence electrons. The molecule has 4 heteroatoms. The zero-order valence-corrected chi connectivity index (χ0v) is 11.6. The van der Waals surface area contributed by atoms with Crippen LogP contribution in [0.4, 0.5) is 0 Å². The van der Waals surface area contributed by atoms with E-state index >= 15 is 0 Å². The lowest BCUT2D eigenvalue weighted by Crippen LogP contribution is -2.10. The van der Waals surface area contributed by atoms with Crippen molar-refractivity contribution in [2.24, 2.45) is 0 Å². The highest BCUT2D eigenvalue weighted by atomic mass is 32.2. The summed E-state index contributed by atoms with van der Waals surface area (Å²) in [5.74, 6) is 0.410. The van der Waals surface area contributed by atoms with Gasteiger partial charge >= 0.3 is 10.1 Å². The van der Waals surface area contributed by atoms with Gasteiger partial charge in [0.25, 0.3) is 0 Å². The Morgan fingerprint density at radius 1 is 0.947 bits per heavy atom. The third kappa shape index (κ3) is 3.35. The minimum atomic E-state index is -3.75. The van der Waals surface area contributed by atoms with Crippen LogP contribution in [0.1, 0.15) is 18.9 Å².